The van der Waals surface area contributed by atoms with E-state index in [0.29, 0.717) is 30.8 Å². The summed E-state index contributed by atoms with van der Waals surface area (Å²) in [4.78, 5) is 10.4. The normalized spacial score (nSPS) is 28.0. The molecule has 0 aliphatic carbocycles. The van der Waals surface area contributed by atoms with Gasteiger partial charge in [-0.25, -0.2) is 0 Å². The third-order valence-corrected chi connectivity index (χ3v) is 5.31. The highest BCUT2D eigenvalue weighted by atomic mass is 16.6. The summed E-state index contributed by atoms with van der Waals surface area (Å²) in [7, 11) is 0. The average molecular weight is 341 g/mol. The molecule has 0 amide bonds. The number of unbranched alkanes of at least 4 members (excludes halogenated alkanes) is 8. The van der Waals surface area contributed by atoms with E-state index in [1.807, 2.05) is 0 Å². The van der Waals surface area contributed by atoms with E-state index in [1.54, 1.807) is 0 Å². The molecular formula is C20H36O4. The molecule has 2 fully saturated rings. The lowest BCUT2D eigenvalue weighted by Gasteiger charge is -2.00. The molecule has 4 unspecified atom stereocenters. The summed E-state index contributed by atoms with van der Waals surface area (Å²) in [5, 5.41) is 8.57. The lowest BCUT2D eigenvalue weighted by atomic mass is 10.0. The molecule has 140 valence electrons. The van der Waals surface area contributed by atoms with Crippen molar-refractivity contribution in [2.75, 3.05) is 0 Å². The third kappa shape index (κ3) is 8.48. The van der Waals surface area contributed by atoms with Gasteiger partial charge in [-0.3, -0.25) is 4.79 Å². The smallest absolute Gasteiger partial charge is 0.303 e. The van der Waals surface area contributed by atoms with Gasteiger partial charge in [-0.05, 0) is 19.3 Å². The standard InChI is InChI=1S/C20H36O4/c1-2-3-9-12-16-18(23-16)15-19-17(24-19)13-10-7-5-4-6-8-11-14-20(21)22/h16-19H,2-15H2,1H3,(H,21,22). The first-order valence-electron chi connectivity index (χ1n) is 10.2. The Morgan fingerprint density at radius 3 is 1.79 bits per heavy atom. The Bertz CT molecular complexity index is 358. The number of ether oxygens (including phenoxy) is 2. The highest BCUT2D eigenvalue weighted by Crippen LogP contribution is 2.39. The summed E-state index contributed by atoms with van der Waals surface area (Å²) in [6.45, 7) is 2.24. The number of hydrogen-bond acceptors (Lipinski definition) is 3. The van der Waals surface area contributed by atoms with Crippen molar-refractivity contribution in [2.45, 2.75) is 121 Å². The topological polar surface area (TPSA) is 62.4 Å². The summed E-state index contributed by atoms with van der Waals surface area (Å²) >= 11 is 0. The van der Waals surface area contributed by atoms with Crippen LogP contribution in [0, 0.1) is 0 Å². The molecule has 4 atom stereocenters. The van der Waals surface area contributed by atoms with Crippen LogP contribution in [-0.4, -0.2) is 35.5 Å². The fourth-order valence-corrected chi connectivity index (χ4v) is 3.61. The SMILES string of the molecule is CCCCCC1OC1CC1OC1CCCCCCCCCC(=O)O. The van der Waals surface area contributed by atoms with Crippen LogP contribution in [0.2, 0.25) is 0 Å². The van der Waals surface area contributed by atoms with Crippen molar-refractivity contribution < 1.29 is 19.4 Å². The summed E-state index contributed by atoms with van der Waals surface area (Å²) in [5.41, 5.74) is 0. The number of aliphatic carboxylic acids is 1. The maximum atomic E-state index is 10.4. The minimum atomic E-state index is -0.669. The van der Waals surface area contributed by atoms with Gasteiger partial charge in [-0.2, -0.15) is 0 Å². The van der Waals surface area contributed by atoms with Crippen LogP contribution in [0.15, 0.2) is 0 Å². The number of carbonyl (C=O) groups is 1. The first kappa shape index (κ1) is 19.7. The number of epoxide rings is 2. The van der Waals surface area contributed by atoms with Gasteiger partial charge in [0.05, 0.1) is 24.4 Å². The molecule has 4 heteroatoms. The van der Waals surface area contributed by atoms with Gasteiger partial charge in [-0.1, -0.05) is 64.7 Å². The number of carboxylic acid groups (broad SMARTS) is 1. The van der Waals surface area contributed by atoms with Crippen LogP contribution >= 0.6 is 0 Å². The van der Waals surface area contributed by atoms with Crippen LogP contribution < -0.4 is 0 Å². The van der Waals surface area contributed by atoms with Crippen molar-refractivity contribution in [1.82, 2.24) is 0 Å². The van der Waals surface area contributed by atoms with E-state index in [-0.39, 0.29) is 0 Å². The van der Waals surface area contributed by atoms with E-state index >= 15 is 0 Å². The molecule has 2 aliphatic rings. The zero-order valence-electron chi connectivity index (χ0n) is 15.4. The molecule has 0 radical (unpaired) electrons. The Balaban J connectivity index is 1.32. The van der Waals surface area contributed by atoms with Crippen LogP contribution in [0.3, 0.4) is 0 Å². The van der Waals surface area contributed by atoms with Crippen molar-refractivity contribution in [3.63, 3.8) is 0 Å². The second-order valence-corrected chi connectivity index (χ2v) is 7.56. The second kappa shape index (κ2) is 11.1. The van der Waals surface area contributed by atoms with Crippen molar-refractivity contribution in [3.8, 4) is 0 Å². The monoisotopic (exact) mass is 340 g/mol. The van der Waals surface area contributed by atoms with Gasteiger partial charge in [0.15, 0.2) is 0 Å². The van der Waals surface area contributed by atoms with Gasteiger partial charge >= 0.3 is 5.97 Å². The predicted molar refractivity (Wildman–Crippen MR) is 95.3 cm³/mol. The molecule has 0 aromatic rings. The molecule has 2 saturated heterocycles. The molecule has 2 rings (SSSR count). The van der Waals surface area contributed by atoms with E-state index in [1.165, 1.54) is 64.2 Å². The molecule has 0 saturated carbocycles. The minimum absolute atomic E-state index is 0.324. The minimum Gasteiger partial charge on any atom is -0.481 e. The van der Waals surface area contributed by atoms with E-state index in [9.17, 15) is 4.79 Å². The summed E-state index contributed by atoms with van der Waals surface area (Å²) in [6.07, 6.45) is 17.9. The second-order valence-electron chi connectivity index (χ2n) is 7.56. The Morgan fingerprint density at radius 1 is 0.750 bits per heavy atom. The lowest BCUT2D eigenvalue weighted by molar-refractivity contribution is -0.137. The van der Waals surface area contributed by atoms with Gasteiger partial charge in [0, 0.05) is 12.8 Å². The third-order valence-electron chi connectivity index (χ3n) is 5.31. The number of hydrogen-bond donors (Lipinski definition) is 1. The molecule has 4 nitrogen and oxygen atoms in total. The largest absolute Gasteiger partial charge is 0.481 e. The highest BCUT2D eigenvalue weighted by molar-refractivity contribution is 5.66. The van der Waals surface area contributed by atoms with Crippen molar-refractivity contribution >= 4 is 5.97 Å². The van der Waals surface area contributed by atoms with E-state index in [0.717, 1.165) is 19.3 Å². The molecule has 0 bridgehead atoms. The highest BCUT2D eigenvalue weighted by Gasteiger charge is 2.47. The average Bonchev–Trinajstić information content (AvgIpc) is 3.45. The quantitative estimate of drug-likeness (QED) is 0.314. The van der Waals surface area contributed by atoms with E-state index in [4.69, 9.17) is 14.6 Å². The summed E-state index contributed by atoms with van der Waals surface area (Å²) < 4.78 is 11.5. The van der Waals surface area contributed by atoms with Crippen LogP contribution in [0.5, 0.6) is 0 Å². The zero-order valence-corrected chi connectivity index (χ0v) is 15.4. The van der Waals surface area contributed by atoms with Crippen LogP contribution in [0.1, 0.15) is 96.8 Å². The van der Waals surface area contributed by atoms with Crippen LogP contribution in [0.25, 0.3) is 0 Å². The number of carboxylic acids is 1. The maximum Gasteiger partial charge on any atom is 0.303 e. The Labute approximate surface area is 147 Å². The number of rotatable bonds is 16. The molecule has 0 aromatic heterocycles. The van der Waals surface area contributed by atoms with Gasteiger partial charge in [0.25, 0.3) is 0 Å². The molecular weight excluding hydrogens is 304 g/mol. The van der Waals surface area contributed by atoms with Gasteiger partial charge in [0.1, 0.15) is 0 Å². The van der Waals surface area contributed by atoms with E-state index < -0.39 is 5.97 Å². The molecule has 0 aromatic carbocycles. The Kier molecular flexibility index (Phi) is 9.11. The van der Waals surface area contributed by atoms with E-state index in [2.05, 4.69) is 6.92 Å². The molecule has 1 N–H and O–H groups in total. The van der Waals surface area contributed by atoms with Crippen LogP contribution in [-0.2, 0) is 14.3 Å². The zero-order chi connectivity index (χ0) is 17.2. The summed E-state index contributed by atoms with van der Waals surface area (Å²) in [6, 6.07) is 0. The van der Waals surface area contributed by atoms with Gasteiger partial charge < -0.3 is 14.6 Å². The first-order valence-corrected chi connectivity index (χ1v) is 10.2. The fourth-order valence-electron chi connectivity index (χ4n) is 3.61. The maximum absolute atomic E-state index is 10.4. The van der Waals surface area contributed by atoms with Gasteiger partial charge in [0.2, 0.25) is 0 Å². The fraction of sp³-hybridized carbons (Fsp3) is 0.950. The molecule has 2 aliphatic heterocycles. The van der Waals surface area contributed by atoms with Crippen molar-refractivity contribution in [1.29, 1.82) is 0 Å². The Hall–Kier alpha value is -0.610. The van der Waals surface area contributed by atoms with Crippen molar-refractivity contribution in [3.05, 3.63) is 0 Å². The lowest BCUT2D eigenvalue weighted by Crippen LogP contribution is -2.02. The molecule has 2 heterocycles. The van der Waals surface area contributed by atoms with Gasteiger partial charge in [-0.15, -0.1) is 0 Å². The van der Waals surface area contributed by atoms with Crippen LogP contribution in [0.4, 0.5) is 0 Å². The predicted octanol–water partition coefficient (Wildman–Crippen LogP) is 5.09. The first-order chi connectivity index (χ1) is 11.7. The van der Waals surface area contributed by atoms with Crippen molar-refractivity contribution in [2.24, 2.45) is 0 Å². The molecule has 0 spiro atoms. The molecule has 24 heavy (non-hydrogen) atoms. The Morgan fingerprint density at radius 2 is 1.25 bits per heavy atom. The summed E-state index contributed by atoms with van der Waals surface area (Å²) in [5.74, 6) is -0.669.